The Hall–Kier alpha value is -1.81. The Morgan fingerprint density at radius 1 is 1.10 bits per heavy atom. The van der Waals surface area contributed by atoms with Crippen molar-refractivity contribution in [2.75, 3.05) is 0 Å². The molecular weight excluding hydrogens is 288 g/mol. The molecule has 0 fully saturated rings. The minimum absolute atomic E-state index is 0.157. The summed E-state index contributed by atoms with van der Waals surface area (Å²) in [6.07, 6.45) is 2.32. The van der Waals surface area contributed by atoms with Crippen LogP contribution in [0.25, 0.3) is 0 Å². The van der Waals surface area contributed by atoms with Crippen LogP contribution in [-0.2, 0) is 19.4 Å². The highest BCUT2D eigenvalue weighted by atomic mass is 35.5. The number of aromatic amines is 1. The lowest BCUT2D eigenvalue weighted by atomic mass is 10.1. The minimum Gasteiger partial charge on any atom is -0.297 e. The van der Waals surface area contributed by atoms with Crippen LogP contribution in [0.1, 0.15) is 37.0 Å². The van der Waals surface area contributed by atoms with Crippen molar-refractivity contribution in [1.82, 2.24) is 9.55 Å². The first-order valence-corrected chi connectivity index (χ1v) is 7.53. The number of rotatable bonds is 5. The summed E-state index contributed by atoms with van der Waals surface area (Å²) < 4.78 is 1.21. The van der Waals surface area contributed by atoms with Crippen LogP contribution in [0.3, 0.4) is 0 Å². The number of aryl methyl sites for hydroxylation is 1. The van der Waals surface area contributed by atoms with Gasteiger partial charge in [0.25, 0.3) is 5.56 Å². The third-order valence-corrected chi connectivity index (χ3v) is 3.82. The summed E-state index contributed by atoms with van der Waals surface area (Å²) in [5.41, 5.74) is 1.85. The summed E-state index contributed by atoms with van der Waals surface area (Å²) in [7, 11) is 0. The van der Waals surface area contributed by atoms with Crippen LogP contribution in [0.15, 0.2) is 33.9 Å². The molecule has 0 aliphatic carbocycles. The Labute approximate surface area is 128 Å². The summed E-state index contributed by atoms with van der Waals surface area (Å²) in [4.78, 5) is 26.9. The molecule has 21 heavy (non-hydrogen) atoms. The number of H-pyrrole nitrogens is 1. The van der Waals surface area contributed by atoms with Gasteiger partial charge in [-0.1, -0.05) is 56.1 Å². The van der Waals surface area contributed by atoms with E-state index in [1.165, 1.54) is 10.1 Å². The molecule has 2 rings (SSSR count). The summed E-state index contributed by atoms with van der Waals surface area (Å²) in [6.45, 7) is 4.31. The molecule has 1 aromatic heterocycles. The van der Waals surface area contributed by atoms with Gasteiger partial charge in [-0.15, -0.1) is 0 Å². The molecule has 4 nitrogen and oxygen atoms in total. The Balaban J connectivity index is 2.41. The van der Waals surface area contributed by atoms with Gasteiger partial charge in [0.05, 0.1) is 12.1 Å². The standard InChI is InChI=1S/C16H19ClN2O2/c1-3-5-13-14(17)18-16(21)19(15(13)20)10-12-8-6-11(4-2)7-9-12/h6-9H,3-5,10H2,1-2H3,(H,18,21). The van der Waals surface area contributed by atoms with Crippen molar-refractivity contribution in [3.63, 3.8) is 0 Å². The average molecular weight is 307 g/mol. The molecule has 1 N–H and O–H groups in total. The fourth-order valence-corrected chi connectivity index (χ4v) is 2.52. The lowest BCUT2D eigenvalue weighted by molar-refractivity contribution is 0.680. The van der Waals surface area contributed by atoms with E-state index in [0.717, 1.165) is 18.4 Å². The van der Waals surface area contributed by atoms with Crippen molar-refractivity contribution in [3.8, 4) is 0 Å². The predicted molar refractivity (Wildman–Crippen MR) is 85.2 cm³/mol. The first kappa shape index (κ1) is 15.6. The van der Waals surface area contributed by atoms with E-state index in [-0.39, 0.29) is 17.3 Å². The monoisotopic (exact) mass is 306 g/mol. The average Bonchev–Trinajstić information content (AvgIpc) is 2.48. The highest BCUT2D eigenvalue weighted by molar-refractivity contribution is 6.30. The van der Waals surface area contributed by atoms with E-state index < -0.39 is 5.69 Å². The molecule has 0 unspecified atom stereocenters. The molecule has 0 bridgehead atoms. The largest absolute Gasteiger partial charge is 0.329 e. The van der Waals surface area contributed by atoms with Crippen molar-refractivity contribution < 1.29 is 0 Å². The van der Waals surface area contributed by atoms with Gasteiger partial charge in [0.1, 0.15) is 5.15 Å². The molecule has 0 spiro atoms. The second kappa shape index (κ2) is 6.76. The number of aromatic nitrogens is 2. The van der Waals surface area contributed by atoms with E-state index in [1.54, 1.807) is 0 Å². The number of nitrogens with one attached hydrogen (secondary N) is 1. The summed E-state index contributed by atoms with van der Waals surface area (Å²) in [6, 6.07) is 7.91. The fraction of sp³-hybridized carbons (Fsp3) is 0.375. The normalized spacial score (nSPS) is 10.8. The van der Waals surface area contributed by atoms with Gasteiger partial charge in [-0.3, -0.25) is 14.3 Å². The van der Waals surface area contributed by atoms with Crippen molar-refractivity contribution in [3.05, 3.63) is 66.9 Å². The number of hydrogen-bond acceptors (Lipinski definition) is 2. The van der Waals surface area contributed by atoms with Crippen molar-refractivity contribution in [2.45, 2.75) is 39.7 Å². The van der Waals surface area contributed by atoms with Gasteiger partial charge in [0.15, 0.2) is 0 Å². The van der Waals surface area contributed by atoms with Gasteiger partial charge in [-0.05, 0) is 24.0 Å². The lowest BCUT2D eigenvalue weighted by Gasteiger charge is -2.09. The number of benzene rings is 1. The molecule has 0 saturated heterocycles. The Bertz CT molecular complexity index is 729. The topological polar surface area (TPSA) is 54.9 Å². The van der Waals surface area contributed by atoms with Gasteiger partial charge >= 0.3 is 5.69 Å². The maximum Gasteiger partial charge on any atom is 0.329 e. The lowest BCUT2D eigenvalue weighted by Crippen LogP contribution is -2.37. The summed E-state index contributed by atoms with van der Waals surface area (Å²) >= 11 is 5.96. The second-order valence-electron chi connectivity index (χ2n) is 5.03. The predicted octanol–water partition coefficient (Wildman–Crippen LogP) is 2.75. The molecule has 112 valence electrons. The number of halogens is 1. The Morgan fingerprint density at radius 2 is 1.71 bits per heavy atom. The van der Waals surface area contributed by atoms with Crippen LogP contribution in [0, 0.1) is 0 Å². The van der Waals surface area contributed by atoms with Gasteiger partial charge in [0, 0.05) is 0 Å². The maximum atomic E-state index is 12.4. The third kappa shape index (κ3) is 3.45. The van der Waals surface area contributed by atoms with Crippen LogP contribution in [0.5, 0.6) is 0 Å². The van der Waals surface area contributed by atoms with E-state index in [2.05, 4.69) is 11.9 Å². The van der Waals surface area contributed by atoms with Crippen LogP contribution in [-0.4, -0.2) is 9.55 Å². The first-order chi connectivity index (χ1) is 10.1. The number of hydrogen-bond donors (Lipinski definition) is 1. The third-order valence-electron chi connectivity index (χ3n) is 3.50. The highest BCUT2D eigenvalue weighted by Crippen LogP contribution is 2.09. The van der Waals surface area contributed by atoms with E-state index >= 15 is 0 Å². The maximum absolute atomic E-state index is 12.4. The smallest absolute Gasteiger partial charge is 0.297 e. The van der Waals surface area contributed by atoms with E-state index in [1.807, 2.05) is 31.2 Å². The van der Waals surface area contributed by atoms with Gasteiger partial charge in [0.2, 0.25) is 0 Å². The van der Waals surface area contributed by atoms with E-state index in [0.29, 0.717) is 12.0 Å². The van der Waals surface area contributed by atoms with E-state index in [4.69, 9.17) is 11.6 Å². The zero-order valence-electron chi connectivity index (χ0n) is 12.3. The molecule has 0 atom stereocenters. The quantitative estimate of drug-likeness (QED) is 0.864. The molecule has 0 aliphatic rings. The molecular formula is C16H19ClN2O2. The summed E-state index contributed by atoms with van der Waals surface area (Å²) in [5, 5.41) is 0.157. The molecule has 0 aliphatic heterocycles. The van der Waals surface area contributed by atoms with Crippen LogP contribution < -0.4 is 11.2 Å². The molecule has 1 aromatic carbocycles. The van der Waals surface area contributed by atoms with Crippen molar-refractivity contribution in [2.24, 2.45) is 0 Å². The Morgan fingerprint density at radius 3 is 2.29 bits per heavy atom. The Kier molecular flexibility index (Phi) is 5.02. The van der Waals surface area contributed by atoms with Gasteiger partial charge in [-0.25, -0.2) is 4.79 Å². The van der Waals surface area contributed by atoms with Crippen LogP contribution in [0.2, 0.25) is 5.15 Å². The second-order valence-corrected chi connectivity index (χ2v) is 5.41. The van der Waals surface area contributed by atoms with Gasteiger partial charge < -0.3 is 0 Å². The minimum atomic E-state index is -0.468. The van der Waals surface area contributed by atoms with Crippen molar-refractivity contribution in [1.29, 1.82) is 0 Å². The fourth-order valence-electron chi connectivity index (χ4n) is 2.26. The highest BCUT2D eigenvalue weighted by Gasteiger charge is 2.12. The van der Waals surface area contributed by atoms with Crippen LogP contribution in [0.4, 0.5) is 0 Å². The zero-order chi connectivity index (χ0) is 15.4. The van der Waals surface area contributed by atoms with Crippen molar-refractivity contribution >= 4 is 11.6 Å². The number of nitrogens with zero attached hydrogens (tertiary/aromatic N) is 1. The van der Waals surface area contributed by atoms with Gasteiger partial charge in [-0.2, -0.15) is 0 Å². The molecule has 2 aromatic rings. The molecule has 0 radical (unpaired) electrons. The molecule has 0 amide bonds. The SMILES string of the molecule is CCCc1c(Cl)[nH]c(=O)n(Cc2ccc(CC)cc2)c1=O. The molecule has 1 heterocycles. The zero-order valence-corrected chi connectivity index (χ0v) is 13.0. The van der Waals surface area contributed by atoms with E-state index in [9.17, 15) is 9.59 Å². The molecule has 0 saturated carbocycles. The molecule has 5 heteroatoms. The van der Waals surface area contributed by atoms with Crippen LogP contribution >= 0.6 is 11.6 Å². The first-order valence-electron chi connectivity index (χ1n) is 7.16. The summed E-state index contributed by atoms with van der Waals surface area (Å²) in [5.74, 6) is 0.